The molecule has 2 aromatic rings. The van der Waals surface area contributed by atoms with E-state index in [0.29, 0.717) is 38.8 Å². The van der Waals surface area contributed by atoms with Gasteiger partial charge in [0.05, 0.1) is 24.6 Å². The van der Waals surface area contributed by atoms with Crippen molar-refractivity contribution in [2.24, 2.45) is 0 Å². The number of benzene rings is 2. The Morgan fingerprint density at radius 3 is 2.56 bits per heavy atom. The van der Waals surface area contributed by atoms with Crippen LogP contribution in [0, 0.1) is 0 Å². The molecule has 7 nitrogen and oxygen atoms in total. The van der Waals surface area contributed by atoms with E-state index in [2.05, 4.69) is 16.3 Å². The van der Waals surface area contributed by atoms with E-state index < -0.39 is 0 Å². The molecular weight excluding hydrogens is 430 g/mol. The SMILES string of the molecule is CCOc1ccc(CCNC(=O)CCC(=O)N2CC3CCCN3c3ccccc32)cc1OCC. The number of nitrogens with one attached hydrogen (secondary N) is 1. The van der Waals surface area contributed by atoms with Crippen molar-refractivity contribution in [2.45, 2.75) is 52.0 Å². The van der Waals surface area contributed by atoms with Crippen LogP contribution in [0.25, 0.3) is 0 Å². The Bertz CT molecular complexity index is 1010. The molecule has 0 saturated carbocycles. The molecule has 1 saturated heterocycles. The van der Waals surface area contributed by atoms with Crippen LogP contribution in [0.15, 0.2) is 42.5 Å². The van der Waals surface area contributed by atoms with E-state index in [0.717, 1.165) is 47.8 Å². The average molecular weight is 466 g/mol. The monoisotopic (exact) mass is 465 g/mol. The number of nitrogens with zero attached hydrogens (tertiary/aromatic N) is 2. The fourth-order valence-electron chi connectivity index (χ4n) is 4.86. The minimum atomic E-state index is -0.0999. The Labute approximate surface area is 202 Å². The van der Waals surface area contributed by atoms with Crippen LogP contribution in [-0.2, 0) is 16.0 Å². The summed E-state index contributed by atoms with van der Waals surface area (Å²) in [4.78, 5) is 29.8. The van der Waals surface area contributed by atoms with Gasteiger partial charge in [-0.25, -0.2) is 0 Å². The van der Waals surface area contributed by atoms with E-state index in [4.69, 9.17) is 9.47 Å². The van der Waals surface area contributed by atoms with Gasteiger partial charge >= 0.3 is 0 Å². The smallest absolute Gasteiger partial charge is 0.227 e. The van der Waals surface area contributed by atoms with Crippen molar-refractivity contribution < 1.29 is 19.1 Å². The quantitative estimate of drug-likeness (QED) is 0.576. The Balaban J connectivity index is 1.26. The Morgan fingerprint density at radius 2 is 1.76 bits per heavy atom. The minimum Gasteiger partial charge on any atom is -0.490 e. The zero-order chi connectivity index (χ0) is 23.9. The van der Waals surface area contributed by atoms with Gasteiger partial charge in [-0.1, -0.05) is 18.2 Å². The molecule has 2 amide bonds. The molecule has 182 valence electrons. The third-order valence-electron chi connectivity index (χ3n) is 6.46. The maximum Gasteiger partial charge on any atom is 0.227 e. The zero-order valence-electron chi connectivity index (χ0n) is 20.2. The lowest BCUT2D eigenvalue weighted by molar-refractivity contribution is -0.125. The molecule has 2 aromatic carbocycles. The van der Waals surface area contributed by atoms with E-state index in [1.165, 1.54) is 0 Å². The van der Waals surface area contributed by atoms with Gasteiger partial charge in [0.2, 0.25) is 11.8 Å². The lowest BCUT2D eigenvalue weighted by Gasteiger charge is -2.40. The number of hydrogen-bond acceptors (Lipinski definition) is 5. The van der Waals surface area contributed by atoms with Crippen molar-refractivity contribution in [1.82, 2.24) is 5.32 Å². The standard InChI is InChI=1S/C27H35N3O4/c1-3-33-24-12-11-20(18-25(24)34-4-2)15-16-28-26(31)13-14-27(32)30-19-21-8-7-17-29(21)22-9-5-6-10-23(22)30/h5-6,9-12,18,21H,3-4,7-8,13-17,19H2,1-2H3,(H,28,31). The molecule has 2 aliphatic heterocycles. The molecule has 34 heavy (non-hydrogen) atoms. The fraction of sp³-hybridized carbons (Fsp3) is 0.481. The second-order valence-corrected chi connectivity index (χ2v) is 8.73. The van der Waals surface area contributed by atoms with Gasteiger partial charge in [0.15, 0.2) is 11.5 Å². The molecule has 1 atom stereocenters. The summed E-state index contributed by atoms with van der Waals surface area (Å²) in [6.07, 6.45) is 3.35. The number of hydrogen-bond donors (Lipinski definition) is 1. The third-order valence-corrected chi connectivity index (χ3v) is 6.46. The number of carbonyl (C=O) groups excluding carboxylic acids is 2. The predicted molar refractivity (Wildman–Crippen MR) is 134 cm³/mol. The summed E-state index contributed by atoms with van der Waals surface area (Å²) in [7, 11) is 0. The zero-order valence-corrected chi connectivity index (χ0v) is 20.2. The highest BCUT2D eigenvalue weighted by Crippen LogP contribution is 2.39. The van der Waals surface area contributed by atoms with Gasteiger partial charge < -0.3 is 24.6 Å². The summed E-state index contributed by atoms with van der Waals surface area (Å²) in [6, 6.07) is 14.3. The lowest BCUT2D eigenvalue weighted by Crippen LogP contribution is -2.48. The first-order valence-corrected chi connectivity index (χ1v) is 12.4. The molecule has 1 fully saturated rings. The molecule has 7 heteroatoms. The maximum atomic E-state index is 13.0. The van der Waals surface area contributed by atoms with Crippen LogP contribution in [0.1, 0.15) is 45.1 Å². The predicted octanol–water partition coefficient (Wildman–Crippen LogP) is 3.94. The van der Waals surface area contributed by atoms with Gasteiger partial charge in [-0.2, -0.15) is 0 Å². The third kappa shape index (κ3) is 5.46. The summed E-state index contributed by atoms with van der Waals surface area (Å²) in [5.74, 6) is 1.37. The van der Waals surface area contributed by atoms with Crippen molar-refractivity contribution in [3.63, 3.8) is 0 Å². The summed E-state index contributed by atoms with van der Waals surface area (Å²) < 4.78 is 11.3. The Morgan fingerprint density at radius 1 is 1.00 bits per heavy atom. The topological polar surface area (TPSA) is 71.1 Å². The average Bonchev–Trinajstić information content (AvgIpc) is 3.33. The van der Waals surface area contributed by atoms with E-state index in [-0.39, 0.29) is 24.7 Å². The Kier molecular flexibility index (Phi) is 7.93. The molecule has 0 radical (unpaired) electrons. The van der Waals surface area contributed by atoms with Crippen LogP contribution in [0.3, 0.4) is 0 Å². The molecule has 0 spiro atoms. The summed E-state index contributed by atoms with van der Waals surface area (Å²) in [6.45, 7) is 7.29. The molecule has 1 N–H and O–H groups in total. The van der Waals surface area contributed by atoms with Crippen LogP contribution < -0.4 is 24.6 Å². The number of para-hydroxylation sites is 2. The van der Waals surface area contributed by atoms with Crippen LogP contribution in [0.2, 0.25) is 0 Å². The molecular formula is C27H35N3O4. The summed E-state index contributed by atoms with van der Waals surface area (Å²) in [5, 5.41) is 2.95. The van der Waals surface area contributed by atoms with Crippen molar-refractivity contribution in [1.29, 1.82) is 0 Å². The van der Waals surface area contributed by atoms with Crippen molar-refractivity contribution >= 4 is 23.2 Å². The molecule has 1 unspecified atom stereocenters. The van der Waals surface area contributed by atoms with Crippen LogP contribution in [-0.4, -0.2) is 50.7 Å². The number of amides is 2. The van der Waals surface area contributed by atoms with E-state index >= 15 is 0 Å². The number of ether oxygens (including phenoxy) is 2. The highest BCUT2D eigenvalue weighted by Gasteiger charge is 2.35. The van der Waals surface area contributed by atoms with Crippen LogP contribution >= 0.6 is 0 Å². The largest absolute Gasteiger partial charge is 0.490 e. The highest BCUT2D eigenvalue weighted by molar-refractivity contribution is 5.99. The second kappa shape index (κ2) is 11.3. The van der Waals surface area contributed by atoms with Gasteiger partial charge in [-0.05, 0) is 62.9 Å². The van der Waals surface area contributed by atoms with Crippen molar-refractivity contribution in [3.8, 4) is 11.5 Å². The fourth-order valence-corrected chi connectivity index (χ4v) is 4.86. The minimum absolute atomic E-state index is 0.0158. The highest BCUT2D eigenvalue weighted by atomic mass is 16.5. The number of rotatable bonds is 10. The molecule has 2 aliphatic rings. The Hall–Kier alpha value is -3.22. The number of carbonyl (C=O) groups is 2. The number of fused-ring (bicyclic) bond motifs is 3. The second-order valence-electron chi connectivity index (χ2n) is 8.73. The first kappa shape index (κ1) is 23.9. The van der Waals surface area contributed by atoms with Gasteiger partial charge in [0.25, 0.3) is 0 Å². The molecule has 4 rings (SSSR count). The van der Waals surface area contributed by atoms with Gasteiger partial charge in [-0.3, -0.25) is 9.59 Å². The summed E-state index contributed by atoms with van der Waals surface area (Å²) >= 11 is 0. The molecule has 0 bridgehead atoms. The first-order chi connectivity index (χ1) is 16.6. The van der Waals surface area contributed by atoms with Crippen molar-refractivity contribution in [2.75, 3.05) is 42.6 Å². The number of anilines is 2. The van der Waals surface area contributed by atoms with Gasteiger partial charge in [0, 0.05) is 38.5 Å². The van der Waals surface area contributed by atoms with E-state index in [1.54, 1.807) is 0 Å². The summed E-state index contributed by atoms with van der Waals surface area (Å²) in [5.41, 5.74) is 3.16. The van der Waals surface area contributed by atoms with Crippen LogP contribution in [0.4, 0.5) is 11.4 Å². The van der Waals surface area contributed by atoms with E-state index in [1.807, 2.05) is 55.1 Å². The molecule has 0 aliphatic carbocycles. The maximum absolute atomic E-state index is 13.0. The molecule has 0 aromatic heterocycles. The van der Waals surface area contributed by atoms with Gasteiger partial charge in [-0.15, -0.1) is 0 Å². The van der Waals surface area contributed by atoms with Crippen molar-refractivity contribution in [3.05, 3.63) is 48.0 Å². The van der Waals surface area contributed by atoms with Gasteiger partial charge in [0.1, 0.15) is 0 Å². The lowest BCUT2D eigenvalue weighted by atomic mass is 10.1. The normalized spacial score (nSPS) is 16.6. The van der Waals surface area contributed by atoms with E-state index in [9.17, 15) is 9.59 Å². The molecule has 2 heterocycles. The van der Waals surface area contributed by atoms with Crippen LogP contribution in [0.5, 0.6) is 11.5 Å². The first-order valence-electron chi connectivity index (χ1n) is 12.4.